The normalized spacial score (nSPS) is 12.4. The third-order valence-corrected chi connectivity index (χ3v) is 5.59. The van der Waals surface area contributed by atoms with Crippen LogP contribution in [0.25, 0.3) is 0 Å². The van der Waals surface area contributed by atoms with E-state index in [2.05, 4.69) is 25.9 Å². The first-order valence-corrected chi connectivity index (χ1v) is 13.2. The molecule has 0 radical (unpaired) electrons. The number of aliphatic imine (C=N–C) groups is 1. The molecule has 0 bridgehead atoms. The van der Waals surface area contributed by atoms with Gasteiger partial charge in [-0.2, -0.15) is 0 Å². The largest absolute Gasteiger partial charge is 0.491 e. The molecular formula is C27H33N5O4S. The number of aromatic nitrogens is 1. The van der Waals surface area contributed by atoms with Gasteiger partial charge in [-0.1, -0.05) is 13.8 Å². The highest BCUT2D eigenvalue weighted by Gasteiger charge is 2.14. The fourth-order valence-electron chi connectivity index (χ4n) is 3.33. The van der Waals surface area contributed by atoms with Crippen LogP contribution in [0.5, 0.6) is 17.2 Å². The van der Waals surface area contributed by atoms with Gasteiger partial charge in [0.25, 0.3) is 11.8 Å². The predicted octanol–water partition coefficient (Wildman–Crippen LogP) is 5.12. The minimum atomic E-state index is -0.317. The smallest absolute Gasteiger partial charge is 0.257 e. The molecule has 196 valence electrons. The van der Waals surface area contributed by atoms with Gasteiger partial charge in [-0.15, -0.1) is 11.3 Å². The minimum Gasteiger partial charge on any atom is -0.491 e. The van der Waals surface area contributed by atoms with Crippen molar-refractivity contribution in [2.24, 2.45) is 4.99 Å². The first-order valence-electron chi connectivity index (χ1n) is 12.3. The Morgan fingerprint density at radius 1 is 1.03 bits per heavy atom. The van der Waals surface area contributed by atoms with Crippen molar-refractivity contribution in [3.63, 3.8) is 0 Å². The van der Waals surface area contributed by atoms with Gasteiger partial charge >= 0.3 is 0 Å². The molecule has 0 atom stereocenters. The molecule has 2 aromatic carbocycles. The Balaban J connectivity index is 0.00000186. The number of amides is 2. The number of nitrogens with one attached hydrogen (secondary N) is 3. The van der Waals surface area contributed by atoms with E-state index >= 15 is 0 Å². The molecule has 0 saturated carbocycles. The number of ether oxygens (including phenoxy) is 2. The number of rotatable bonds is 9. The second-order valence-corrected chi connectivity index (χ2v) is 8.96. The van der Waals surface area contributed by atoms with Gasteiger partial charge in [-0.05, 0) is 56.7 Å². The summed E-state index contributed by atoms with van der Waals surface area (Å²) >= 11 is 1.33. The second kappa shape index (κ2) is 14.0. The zero-order chi connectivity index (χ0) is 26.6. The van der Waals surface area contributed by atoms with Gasteiger partial charge in [-0.25, -0.2) is 4.98 Å². The van der Waals surface area contributed by atoms with Crippen LogP contribution in [0.2, 0.25) is 0 Å². The number of thiazole rings is 1. The van der Waals surface area contributed by atoms with Crippen molar-refractivity contribution in [2.75, 3.05) is 25.0 Å². The third kappa shape index (κ3) is 8.60. The van der Waals surface area contributed by atoms with Crippen molar-refractivity contribution < 1.29 is 19.1 Å². The van der Waals surface area contributed by atoms with Crippen LogP contribution < -0.4 is 25.4 Å². The summed E-state index contributed by atoms with van der Waals surface area (Å²) in [5.41, 5.74) is 0.887. The molecule has 10 heteroatoms. The number of carbonyl (C=O) groups is 2. The van der Waals surface area contributed by atoms with Crippen LogP contribution in [0.3, 0.4) is 0 Å². The molecule has 2 amide bonds. The standard InChI is InChI=1S/C25H27N5O4S.C2H6/c1-16(2)33-20-12-18(24(32)30-25-28-10-11-35-25)13-21(14-20)34-19-6-4-17(5-7-19)23(31)29-15-22-26-8-3-9-27-22;1-2/h4-7,10-14,16H,3,8-9,15H2,1-2H3,(H,26,27)(H,29,31)(H,28,30,32);1-2H3. The van der Waals surface area contributed by atoms with Gasteiger partial charge in [0.05, 0.1) is 12.6 Å². The summed E-state index contributed by atoms with van der Waals surface area (Å²) in [4.78, 5) is 33.6. The summed E-state index contributed by atoms with van der Waals surface area (Å²) in [7, 11) is 0. The molecule has 1 aliphatic heterocycles. The van der Waals surface area contributed by atoms with Crippen molar-refractivity contribution in [3.8, 4) is 17.2 Å². The van der Waals surface area contributed by atoms with E-state index in [4.69, 9.17) is 9.47 Å². The highest BCUT2D eigenvalue weighted by atomic mass is 32.1. The molecule has 37 heavy (non-hydrogen) atoms. The molecule has 0 fully saturated rings. The molecule has 0 spiro atoms. The Kier molecular flexibility index (Phi) is 10.5. The Bertz CT molecular complexity index is 1190. The molecule has 0 aliphatic carbocycles. The van der Waals surface area contributed by atoms with Crippen LogP contribution in [0, 0.1) is 0 Å². The molecule has 9 nitrogen and oxygen atoms in total. The third-order valence-electron chi connectivity index (χ3n) is 4.90. The Morgan fingerprint density at radius 3 is 2.43 bits per heavy atom. The topological polar surface area (TPSA) is 114 Å². The zero-order valence-corrected chi connectivity index (χ0v) is 22.4. The molecule has 3 N–H and O–H groups in total. The fourth-order valence-corrected chi connectivity index (χ4v) is 3.86. The summed E-state index contributed by atoms with van der Waals surface area (Å²) in [6.07, 6.45) is 2.55. The van der Waals surface area contributed by atoms with Crippen LogP contribution in [-0.2, 0) is 0 Å². The average Bonchev–Trinajstić information content (AvgIpc) is 3.42. The van der Waals surface area contributed by atoms with Crippen molar-refractivity contribution in [2.45, 2.75) is 40.2 Å². The average molecular weight is 524 g/mol. The van der Waals surface area contributed by atoms with E-state index in [0.29, 0.717) is 40.1 Å². The van der Waals surface area contributed by atoms with Crippen LogP contribution in [0.1, 0.15) is 54.8 Å². The lowest BCUT2D eigenvalue weighted by Crippen LogP contribution is -2.39. The maximum absolute atomic E-state index is 12.7. The summed E-state index contributed by atoms with van der Waals surface area (Å²) < 4.78 is 11.8. The lowest BCUT2D eigenvalue weighted by atomic mass is 10.1. The number of benzene rings is 2. The van der Waals surface area contributed by atoms with E-state index < -0.39 is 0 Å². The molecule has 0 unspecified atom stereocenters. The van der Waals surface area contributed by atoms with Gasteiger partial charge in [0.2, 0.25) is 0 Å². The van der Waals surface area contributed by atoms with Crippen molar-refractivity contribution in [1.29, 1.82) is 0 Å². The van der Waals surface area contributed by atoms with Crippen LogP contribution >= 0.6 is 11.3 Å². The predicted molar refractivity (Wildman–Crippen MR) is 147 cm³/mol. The summed E-state index contributed by atoms with van der Waals surface area (Å²) in [6, 6.07) is 11.8. The van der Waals surface area contributed by atoms with Gasteiger partial charge in [0, 0.05) is 41.9 Å². The van der Waals surface area contributed by atoms with Crippen molar-refractivity contribution in [1.82, 2.24) is 15.6 Å². The van der Waals surface area contributed by atoms with Gasteiger partial charge in [0.1, 0.15) is 23.1 Å². The van der Waals surface area contributed by atoms with Gasteiger partial charge in [0.15, 0.2) is 5.13 Å². The lowest BCUT2D eigenvalue weighted by Gasteiger charge is -2.15. The van der Waals surface area contributed by atoms with E-state index in [1.165, 1.54) is 11.3 Å². The SMILES string of the molecule is CC.CC(C)Oc1cc(Oc2ccc(C(=O)NCC3=NCCCN3)cc2)cc(C(=O)Nc2nccs2)c1. The summed E-state index contributed by atoms with van der Waals surface area (Å²) in [5.74, 6) is 1.75. The Labute approximate surface area is 221 Å². The van der Waals surface area contributed by atoms with Gasteiger partial charge in [-0.3, -0.25) is 19.9 Å². The maximum Gasteiger partial charge on any atom is 0.257 e. The Hall–Kier alpha value is -3.92. The molecule has 1 aromatic heterocycles. The molecule has 3 aromatic rings. The highest BCUT2D eigenvalue weighted by molar-refractivity contribution is 7.13. The van der Waals surface area contributed by atoms with E-state index in [1.807, 2.05) is 27.7 Å². The molecular weight excluding hydrogens is 490 g/mol. The summed E-state index contributed by atoms with van der Waals surface area (Å²) in [5, 5.41) is 11.1. The fraction of sp³-hybridized carbons (Fsp3) is 0.333. The molecule has 1 aliphatic rings. The quantitative estimate of drug-likeness (QED) is 0.359. The molecule has 4 rings (SSSR count). The number of hydrogen-bond donors (Lipinski definition) is 3. The van der Waals surface area contributed by atoms with E-state index in [0.717, 1.165) is 25.3 Å². The lowest BCUT2D eigenvalue weighted by molar-refractivity contribution is 0.0958. The monoisotopic (exact) mass is 523 g/mol. The Morgan fingerprint density at radius 2 is 1.78 bits per heavy atom. The van der Waals surface area contributed by atoms with Crippen molar-refractivity contribution >= 4 is 34.1 Å². The number of nitrogens with zero attached hydrogens (tertiary/aromatic N) is 2. The second-order valence-electron chi connectivity index (χ2n) is 8.07. The molecule has 2 heterocycles. The number of amidine groups is 1. The van der Waals surface area contributed by atoms with Gasteiger partial charge < -0.3 is 20.1 Å². The minimum absolute atomic E-state index is 0.0762. The van der Waals surface area contributed by atoms with E-state index in [-0.39, 0.29) is 17.9 Å². The number of hydrogen-bond acceptors (Lipinski definition) is 8. The van der Waals surface area contributed by atoms with Crippen LogP contribution in [-0.4, -0.2) is 48.4 Å². The van der Waals surface area contributed by atoms with Crippen molar-refractivity contribution in [3.05, 3.63) is 65.2 Å². The summed E-state index contributed by atoms with van der Waals surface area (Å²) in [6.45, 7) is 9.83. The first kappa shape index (κ1) is 27.7. The zero-order valence-electron chi connectivity index (χ0n) is 21.5. The van der Waals surface area contributed by atoms with E-state index in [1.54, 1.807) is 54.0 Å². The highest BCUT2D eigenvalue weighted by Crippen LogP contribution is 2.29. The first-order chi connectivity index (χ1) is 18.0. The molecule has 0 saturated heterocycles. The van der Waals surface area contributed by atoms with Crippen LogP contribution in [0.15, 0.2) is 59.0 Å². The number of carbonyl (C=O) groups excluding carboxylic acids is 2. The van der Waals surface area contributed by atoms with Crippen LogP contribution in [0.4, 0.5) is 5.13 Å². The van der Waals surface area contributed by atoms with E-state index in [9.17, 15) is 9.59 Å². The number of anilines is 1. The maximum atomic E-state index is 12.7.